The molecule has 1 N–H and O–H groups in total. The Balaban J connectivity index is 2.00. The molecule has 0 aliphatic carbocycles. The first kappa shape index (κ1) is 10.5. The summed E-state index contributed by atoms with van der Waals surface area (Å²) in [5.41, 5.74) is 0.837. The lowest BCUT2D eigenvalue weighted by Crippen LogP contribution is -2.35. The predicted molar refractivity (Wildman–Crippen MR) is 65.4 cm³/mol. The Morgan fingerprint density at radius 2 is 2.47 bits per heavy atom. The first-order valence-corrected chi connectivity index (χ1v) is 6.28. The normalized spacial score (nSPS) is 20.0. The van der Waals surface area contributed by atoms with Gasteiger partial charge in [0.05, 0.1) is 0 Å². The summed E-state index contributed by atoms with van der Waals surface area (Å²) < 4.78 is 0. The van der Waals surface area contributed by atoms with Gasteiger partial charge in [0.2, 0.25) is 0 Å². The summed E-state index contributed by atoms with van der Waals surface area (Å²) >= 11 is 1.46. The van der Waals surface area contributed by atoms with Gasteiger partial charge in [-0.25, -0.2) is 14.8 Å². The van der Waals surface area contributed by atoms with Gasteiger partial charge in [0.1, 0.15) is 16.4 Å². The predicted octanol–water partition coefficient (Wildman–Crippen LogP) is 1.74. The molecular formula is C11H11N3O2S. The molecule has 1 aliphatic heterocycles. The number of nitrogens with zero attached hydrogens (tertiary/aromatic N) is 3. The van der Waals surface area contributed by atoms with Gasteiger partial charge in [0.15, 0.2) is 5.13 Å². The number of hydrogen-bond donors (Lipinski definition) is 1. The fraction of sp³-hybridized carbons (Fsp3) is 0.364. The molecule has 1 saturated heterocycles. The highest BCUT2D eigenvalue weighted by molar-refractivity contribution is 7.21. The fourth-order valence-electron chi connectivity index (χ4n) is 2.13. The van der Waals surface area contributed by atoms with Crippen LogP contribution in [0.3, 0.4) is 0 Å². The molecule has 5 nitrogen and oxygen atoms in total. The highest BCUT2D eigenvalue weighted by Crippen LogP contribution is 2.32. The highest BCUT2D eigenvalue weighted by atomic mass is 32.1. The summed E-state index contributed by atoms with van der Waals surface area (Å²) in [4.78, 5) is 22.5. The number of anilines is 1. The van der Waals surface area contributed by atoms with Crippen molar-refractivity contribution in [2.24, 2.45) is 0 Å². The van der Waals surface area contributed by atoms with E-state index in [-0.39, 0.29) is 0 Å². The summed E-state index contributed by atoms with van der Waals surface area (Å²) in [5, 5.41) is 9.91. The standard InChI is InChI=1S/C11H11N3O2S/c15-10(16)8-4-2-6-14(8)11-13-7-3-1-5-12-9(7)17-11/h1,3,5,8H,2,4,6H2,(H,15,16)/t8-/m1/s1. The molecule has 0 amide bonds. The summed E-state index contributed by atoms with van der Waals surface area (Å²) in [7, 11) is 0. The van der Waals surface area contributed by atoms with Crippen molar-refractivity contribution in [3.8, 4) is 0 Å². The van der Waals surface area contributed by atoms with Gasteiger partial charge in [-0.1, -0.05) is 11.3 Å². The van der Waals surface area contributed by atoms with E-state index in [0.717, 1.165) is 28.4 Å². The smallest absolute Gasteiger partial charge is 0.326 e. The number of carbonyl (C=O) groups is 1. The third-order valence-corrected chi connectivity index (χ3v) is 3.95. The van der Waals surface area contributed by atoms with E-state index in [4.69, 9.17) is 5.11 Å². The monoisotopic (exact) mass is 249 g/mol. The molecule has 0 unspecified atom stereocenters. The second-order valence-electron chi connectivity index (χ2n) is 4.01. The molecule has 6 heteroatoms. The van der Waals surface area contributed by atoms with E-state index in [1.807, 2.05) is 17.0 Å². The Bertz CT molecular complexity index is 536. The maximum absolute atomic E-state index is 11.1. The Labute approximate surface area is 102 Å². The molecule has 3 heterocycles. The lowest BCUT2D eigenvalue weighted by molar-refractivity contribution is -0.138. The maximum atomic E-state index is 11.1. The Kier molecular flexibility index (Phi) is 2.44. The molecule has 0 radical (unpaired) electrons. The highest BCUT2D eigenvalue weighted by Gasteiger charge is 2.32. The third-order valence-electron chi connectivity index (χ3n) is 2.94. The van der Waals surface area contributed by atoms with Crippen LogP contribution in [0.2, 0.25) is 0 Å². The maximum Gasteiger partial charge on any atom is 0.326 e. The molecule has 0 aromatic carbocycles. The molecule has 0 saturated carbocycles. The second kappa shape index (κ2) is 3.96. The van der Waals surface area contributed by atoms with Crippen LogP contribution in [-0.4, -0.2) is 33.6 Å². The van der Waals surface area contributed by atoms with Crippen LogP contribution in [-0.2, 0) is 4.79 Å². The number of rotatable bonds is 2. The number of aromatic nitrogens is 2. The van der Waals surface area contributed by atoms with Crippen molar-refractivity contribution in [1.82, 2.24) is 9.97 Å². The first-order chi connectivity index (χ1) is 8.25. The average molecular weight is 249 g/mol. The van der Waals surface area contributed by atoms with Crippen LogP contribution in [0.5, 0.6) is 0 Å². The van der Waals surface area contributed by atoms with Gasteiger partial charge in [-0.2, -0.15) is 0 Å². The summed E-state index contributed by atoms with van der Waals surface area (Å²) in [6.07, 6.45) is 3.32. The molecule has 0 bridgehead atoms. The topological polar surface area (TPSA) is 66.3 Å². The molecule has 2 aromatic rings. The molecule has 2 aromatic heterocycles. The van der Waals surface area contributed by atoms with E-state index >= 15 is 0 Å². The molecule has 17 heavy (non-hydrogen) atoms. The zero-order chi connectivity index (χ0) is 11.8. The average Bonchev–Trinajstić information content (AvgIpc) is 2.95. The third kappa shape index (κ3) is 1.74. The van der Waals surface area contributed by atoms with Crippen LogP contribution in [0.25, 0.3) is 10.3 Å². The van der Waals surface area contributed by atoms with Gasteiger partial charge in [-0.05, 0) is 25.0 Å². The number of pyridine rings is 1. The molecule has 88 valence electrons. The van der Waals surface area contributed by atoms with Crippen molar-refractivity contribution in [2.45, 2.75) is 18.9 Å². The summed E-state index contributed by atoms with van der Waals surface area (Å²) in [6, 6.07) is 3.30. The van der Waals surface area contributed by atoms with Gasteiger partial charge < -0.3 is 10.0 Å². The van der Waals surface area contributed by atoms with E-state index in [9.17, 15) is 4.79 Å². The summed E-state index contributed by atoms with van der Waals surface area (Å²) in [6.45, 7) is 0.761. The van der Waals surface area contributed by atoms with Crippen LogP contribution < -0.4 is 4.90 Å². The van der Waals surface area contributed by atoms with E-state index in [1.165, 1.54) is 11.3 Å². The van der Waals surface area contributed by atoms with Gasteiger partial charge in [0.25, 0.3) is 0 Å². The van der Waals surface area contributed by atoms with Gasteiger partial charge in [-0.15, -0.1) is 0 Å². The van der Waals surface area contributed by atoms with Gasteiger partial charge in [0, 0.05) is 12.7 Å². The lowest BCUT2D eigenvalue weighted by atomic mass is 10.2. The van der Waals surface area contributed by atoms with Crippen LogP contribution >= 0.6 is 11.3 Å². The number of fused-ring (bicyclic) bond motifs is 1. The van der Waals surface area contributed by atoms with E-state index < -0.39 is 12.0 Å². The Hall–Kier alpha value is -1.69. The number of aliphatic carboxylic acids is 1. The minimum Gasteiger partial charge on any atom is -0.480 e. The fourth-order valence-corrected chi connectivity index (χ4v) is 3.12. The van der Waals surface area contributed by atoms with Crippen molar-refractivity contribution in [1.29, 1.82) is 0 Å². The zero-order valence-electron chi connectivity index (χ0n) is 9.04. The number of hydrogen-bond acceptors (Lipinski definition) is 5. The number of thiazole rings is 1. The lowest BCUT2D eigenvalue weighted by Gasteiger charge is -2.19. The van der Waals surface area contributed by atoms with Crippen LogP contribution in [0.1, 0.15) is 12.8 Å². The zero-order valence-corrected chi connectivity index (χ0v) is 9.85. The molecule has 3 rings (SSSR count). The van der Waals surface area contributed by atoms with Gasteiger partial charge >= 0.3 is 5.97 Å². The largest absolute Gasteiger partial charge is 0.480 e. The SMILES string of the molecule is O=C(O)[C@H]1CCCN1c1nc2cccnc2s1. The van der Waals surface area contributed by atoms with Gasteiger partial charge in [-0.3, -0.25) is 0 Å². The van der Waals surface area contributed by atoms with Crippen molar-refractivity contribution >= 4 is 32.8 Å². The first-order valence-electron chi connectivity index (χ1n) is 5.47. The quantitative estimate of drug-likeness (QED) is 0.878. The molecule has 1 aliphatic rings. The molecule has 1 atom stereocenters. The van der Waals surface area contributed by atoms with Crippen LogP contribution in [0.4, 0.5) is 5.13 Å². The van der Waals surface area contributed by atoms with Crippen molar-refractivity contribution in [3.63, 3.8) is 0 Å². The molecule has 1 fully saturated rings. The summed E-state index contributed by atoms with van der Waals surface area (Å²) in [5.74, 6) is -0.769. The van der Waals surface area contributed by atoms with Crippen molar-refractivity contribution in [2.75, 3.05) is 11.4 Å². The minimum atomic E-state index is -0.769. The Morgan fingerprint density at radius 3 is 3.24 bits per heavy atom. The van der Waals surface area contributed by atoms with Crippen LogP contribution in [0, 0.1) is 0 Å². The van der Waals surface area contributed by atoms with E-state index in [0.29, 0.717) is 6.42 Å². The minimum absolute atomic E-state index is 0.435. The van der Waals surface area contributed by atoms with Crippen molar-refractivity contribution < 1.29 is 9.90 Å². The van der Waals surface area contributed by atoms with E-state index in [2.05, 4.69) is 9.97 Å². The Morgan fingerprint density at radius 1 is 1.59 bits per heavy atom. The van der Waals surface area contributed by atoms with Crippen molar-refractivity contribution in [3.05, 3.63) is 18.3 Å². The second-order valence-corrected chi connectivity index (χ2v) is 4.97. The van der Waals surface area contributed by atoms with E-state index in [1.54, 1.807) is 6.20 Å². The number of carboxylic acid groups (broad SMARTS) is 1. The molecule has 0 spiro atoms. The molecular weight excluding hydrogens is 238 g/mol. The number of carboxylic acids is 1. The van der Waals surface area contributed by atoms with Crippen LogP contribution in [0.15, 0.2) is 18.3 Å².